The summed E-state index contributed by atoms with van der Waals surface area (Å²) >= 11 is 0. The summed E-state index contributed by atoms with van der Waals surface area (Å²) < 4.78 is 5.85. The maximum absolute atomic E-state index is 9.33. The largest absolute Gasteiger partial charge is 0.508 e. The highest BCUT2D eigenvalue weighted by molar-refractivity contribution is 5.30. The Morgan fingerprint density at radius 1 is 0.962 bits per heavy atom. The molecule has 1 N–H and O–H groups in total. The highest BCUT2D eigenvalue weighted by Crippen LogP contribution is 2.40. The number of phenolic OH excluding ortho intramolecular Hbond substituents is 1. The topological polar surface area (TPSA) is 32.7 Å². The third-order valence-electron chi connectivity index (χ3n) is 6.16. The number of likely N-dealkylation sites (tertiary alicyclic amines) is 1. The van der Waals surface area contributed by atoms with Crippen LogP contribution in [0.3, 0.4) is 0 Å². The molecule has 0 amide bonds. The lowest BCUT2D eigenvalue weighted by molar-refractivity contribution is 0.133. The molecule has 0 radical (unpaired) electrons. The van der Waals surface area contributed by atoms with Gasteiger partial charge in [-0.25, -0.2) is 0 Å². The van der Waals surface area contributed by atoms with Crippen molar-refractivity contribution < 1.29 is 9.84 Å². The number of hydrogen-bond acceptors (Lipinski definition) is 3. The summed E-state index contributed by atoms with van der Waals surface area (Å²) in [4.78, 5) is 2.64. The Morgan fingerprint density at radius 2 is 1.77 bits per heavy atom. The van der Waals surface area contributed by atoms with Gasteiger partial charge in [0.2, 0.25) is 0 Å². The minimum Gasteiger partial charge on any atom is -0.508 e. The number of aromatic hydroxyl groups is 1. The third-order valence-corrected chi connectivity index (χ3v) is 6.16. The van der Waals surface area contributed by atoms with Gasteiger partial charge in [0.1, 0.15) is 18.1 Å². The van der Waals surface area contributed by atoms with Gasteiger partial charge in [-0.3, -0.25) is 4.90 Å². The number of rotatable bonds is 6. The van der Waals surface area contributed by atoms with Gasteiger partial charge in [-0.1, -0.05) is 30.3 Å². The van der Waals surface area contributed by atoms with Gasteiger partial charge in [0, 0.05) is 12.6 Å². The molecular formula is C23H29NO2. The maximum Gasteiger partial charge on any atom is 0.119 e. The smallest absolute Gasteiger partial charge is 0.119 e. The Balaban J connectivity index is 1.24. The zero-order chi connectivity index (χ0) is 17.8. The Labute approximate surface area is 156 Å². The van der Waals surface area contributed by atoms with E-state index in [2.05, 4.69) is 35.2 Å². The lowest BCUT2D eigenvalue weighted by Gasteiger charge is -2.36. The summed E-state index contributed by atoms with van der Waals surface area (Å²) in [6, 6.07) is 18.7. The lowest BCUT2D eigenvalue weighted by Crippen LogP contribution is -2.39. The molecule has 4 rings (SSSR count). The highest BCUT2D eigenvalue weighted by atomic mass is 16.5. The number of hydrogen-bond donors (Lipinski definition) is 1. The Hall–Kier alpha value is -2.00. The van der Waals surface area contributed by atoms with Gasteiger partial charge in [-0.15, -0.1) is 0 Å². The molecule has 2 aliphatic rings. The van der Waals surface area contributed by atoms with Crippen LogP contribution in [0.15, 0.2) is 54.6 Å². The van der Waals surface area contributed by atoms with Crippen molar-refractivity contribution in [1.82, 2.24) is 4.90 Å². The normalized spacial score (nSPS) is 25.8. The van der Waals surface area contributed by atoms with Crippen molar-refractivity contribution in [3.8, 4) is 11.5 Å². The average molecular weight is 351 g/mol. The Morgan fingerprint density at radius 3 is 2.58 bits per heavy atom. The number of ether oxygens (including phenoxy) is 1. The molecule has 2 aromatic carbocycles. The zero-order valence-corrected chi connectivity index (χ0v) is 15.4. The van der Waals surface area contributed by atoms with Crippen molar-refractivity contribution in [2.75, 3.05) is 19.7 Å². The van der Waals surface area contributed by atoms with E-state index < -0.39 is 0 Å². The minimum atomic E-state index is 0.284. The fourth-order valence-corrected chi connectivity index (χ4v) is 4.87. The van der Waals surface area contributed by atoms with Crippen LogP contribution in [0.1, 0.15) is 31.2 Å². The van der Waals surface area contributed by atoms with Crippen molar-refractivity contribution in [2.24, 2.45) is 11.8 Å². The van der Waals surface area contributed by atoms with Gasteiger partial charge >= 0.3 is 0 Å². The van der Waals surface area contributed by atoms with E-state index in [1.54, 1.807) is 12.1 Å². The number of nitrogens with zero attached hydrogens (tertiary/aromatic N) is 1. The predicted molar refractivity (Wildman–Crippen MR) is 105 cm³/mol. The standard InChI is InChI=1S/C23H29NO2/c25-21-7-9-22(10-8-21)26-15-14-24-13-12-20-17-19(6-11-23(20)24)16-18-4-2-1-3-5-18/h1-5,7-10,19-20,23,25H,6,11-17H2/t19-,20+,23-/m1/s1. The molecule has 1 saturated heterocycles. The minimum absolute atomic E-state index is 0.284. The molecular weight excluding hydrogens is 322 g/mol. The van der Waals surface area contributed by atoms with Crippen molar-refractivity contribution in [1.29, 1.82) is 0 Å². The van der Waals surface area contributed by atoms with Gasteiger partial charge < -0.3 is 9.84 Å². The first-order valence-electron chi connectivity index (χ1n) is 9.98. The summed E-state index contributed by atoms with van der Waals surface area (Å²) in [5.74, 6) is 2.84. The molecule has 1 aliphatic heterocycles. The molecule has 26 heavy (non-hydrogen) atoms. The molecule has 1 aliphatic carbocycles. The summed E-state index contributed by atoms with van der Waals surface area (Å²) in [5, 5.41) is 9.33. The molecule has 0 aromatic heterocycles. The van der Waals surface area contributed by atoms with Gasteiger partial charge in [0.15, 0.2) is 0 Å². The number of benzene rings is 2. The van der Waals surface area contributed by atoms with E-state index in [1.807, 2.05) is 12.1 Å². The maximum atomic E-state index is 9.33. The van der Waals surface area contributed by atoms with E-state index in [0.717, 1.165) is 36.8 Å². The highest BCUT2D eigenvalue weighted by Gasteiger charge is 2.38. The molecule has 2 aromatic rings. The molecule has 0 spiro atoms. The second-order valence-corrected chi connectivity index (χ2v) is 7.86. The molecule has 3 atom stereocenters. The van der Waals surface area contributed by atoms with E-state index >= 15 is 0 Å². The molecule has 3 nitrogen and oxygen atoms in total. The van der Waals surface area contributed by atoms with Crippen LogP contribution in [0.4, 0.5) is 0 Å². The summed E-state index contributed by atoms with van der Waals surface area (Å²) in [7, 11) is 0. The average Bonchev–Trinajstić information content (AvgIpc) is 3.07. The number of phenols is 1. The molecule has 3 heteroatoms. The van der Waals surface area contributed by atoms with Crippen molar-refractivity contribution in [3.05, 3.63) is 60.2 Å². The van der Waals surface area contributed by atoms with Crippen molar-refractivity contribution in [2.45, 2.75) is 38.1 Å². The monoisotopic (exact) mass is 351 g/mol. The number of fused-ring (bicyclic) bond motifs is 1. The van der Waals surface area contributed by atoms with Crippen LogP contribution in [0.25, 0.3) is 0 Å². The van der Waals surface area contributed by atoms with Crippen molar-refractivity contribution >= 4 is 0 Å². The van der Waals surface area contributed by atoms with Crippen LogP contribution in [0.5, 0.6) is 11.5 Å². The fourth-order valence-electron chi connectivity index (χ4n) is 4.87. The second-order valence-electron chi connectivity index (χ2n) is 7.86. The second kappa shape index (κ2) is 8.13. The summed E-state index contributed by atoms with van der Waals surface area (Å²) in [6.07, 6.45) is 6.66. The van der Waals surface area contributed by atoms with Crippen LogP contribution in [0.2, 0.25) is 0 Å². The molecule has 138 valence electrons. The van der Waals surface area contributed by atoms with Gasteiger partial charge in [0.05, 0.1) is 0 Å². The fraction of sp³-hybridized carbons (Fsp3) is 0.478. The SMILES string of the molecule is Oc1ccc(OCCN2CC[C@H]3C[C@@H](Cc4ccccc4)CC[C@H]32)cc1. The molecule has 1 saturated carbocycles. The predicted octanol–water partition coefficient (Wildman–Crippen LogP) is 4.50. The van der Waals surface area contributed by atoms with Crippen LogP contribution >= 0.6 is 0 Å². The van der Waals surface area contributed by atoms with Gasteiger partial charge in [-0.2, -0.15) is 0 Å². The van der Waals surface area contributed by atoms with Crippen molar-refractivity contribution in [3.63, 3.8) is 0 Å². The zero-order valence-electron chi connectivity index (χ0n) is 15.4. The first-order chi connectivity index (χ1) is 12.8. The quantitative estimate of drug-likeness (QED) is 0.831. The van der Waals surface area contributed by atoms with Gasteiger partial charge in [0.25, 0.3) is 0 Å². The third kappa shape index (κ3) is 4.21. The molecule has 0 unspecified atom stereocenters. The lowest BCUT2D eigenvalue weighted by atomic mass is 9.76. The van der Waals surface area contributed by atoms with Crippen LogP contribution in [-0.4, -0.2) is 35.7 Å². The molecule has 1 heterocycles. The van der Waals surface area contributed by atoms with E-state index in [9.17, 15) is 5.11 Å². The first kappa shape index (κ1) is 17.4. The van der Waals surface area contributed by atoms with E-state index in [1.165, 1.54) is 44.2 Å². The Bertz CT molecular complexity index is 685. The first-order valence-corrected chi connectivity index (χ1v) is 9.98. The molecule has 2 fully saturated rings. The summed E-state index contributed by atoms with van der Waals surface area (Å²) in [6.45, 7) is 2.94. The van der Waals surface area contributed by atoms with Crippen LogP contribution in [0, 0.1) is 11.8 Å². The molecule has 0 bridgehead atoms. The van der Waals surface area contributed by atoms with Gasteiger partial charge in [-0.05, 0) is 80.3 Å². The van der Waals surface area contributed by atoms with E-state index in [-0.39, 0.29) is 5.75 Å². The van der Waals surface area contributed by atoms with E-state index in [0.29, 0.717) is 0 Å². The van der Waals surface area contributed by atoms with E-state index in [4.69, 9.17) is 4.74 Å². The Kier molecular flexibility index (Phi) is 5.45. The van der Waals surface area contributed by atoms with Crippen LogP contribution in [-0.2, 0) is 6.42 Å². The van der Waals surface area contributed by atoms with Crippen LogP contribution < -0.4 is 4.74 Å². The summed E-state index contributed by atoms with van der Waals surface area (Å²) in [5.41, 5.74) is 1.49.